The molecule has 3 aliphatic heterocycles. The molecule has 0 spiro atoms. The quantitative estimate of drug-likeness (QED) is 0.605. The fourth-order valence-electron chi connectivity index (χ4n) is 4.62. The summed E-state index contributed by atoms with van der Waals surface area (Å²) in [5.41, 5.74) is 2.20. The third-order valence-electron chi connectivity index (χ3n) is 5.77. The number of hydrogen-bond donors (Lipinski definition) is 1. The Bertz CT molecular complexity index is 1080. The van der Waals surface area contributed by atoms with Crippen molar-refractivity contribution in [3.05, 3.63) is 75.4 Å². The van der Waals surface area contributed by atoms with Crippen LogP contribution in [0.5, 0.6) is 0 Å². The van der Waals surface area contributed by atoms with E-state index < -0.39 is 23.8 Å². The highest BCUT2D eigenvalue weighted by atomic mass is 35.5. The molecular formula is C21H14Cl2N2O3. The van der Waals surface area contributed by atoms with E-state index >= 15 is 0 Å². The lowest BCUT2D eigenvalue weighted by atomic mass is 9.83. The summed E-state index contributed by atoms with van der Waals surface area (Å²) >= 11 is 12.2. The summed E-state index contributed by atoms with van der Waals surface area (Å²) in [7, 11) is 0. The second-order valence-electron chi connectivity index (χ2n) is 7.18. The molecule has 28 heavy (non-hydrogen) atoms. The van der Waals surface area contributed by atoms with Crippen LogP contribution in [0, 0.1) is 11.8 Å². The zero-order chi connectivity index (χ0) is 19.6. The van der Waals surface area contributed by atoms with Gasteiger partial charge in [0.15, 0.2) is 5.78 Å². The Labute approximate surface area is 170 Å². The van der Waals surface area contributed by atoms with Crippen LogP contribution >= 0.6 is 23.2 Å². The number of ketones is 1. The molecule has 7 heteroatoms. The number of nitrogens with one attached hydrogen (secondary N) is 1. The van der Waals surface area contributed by atoms with Crippen molar-refractivity contribution in [2.24, 2.45) is 11.8 Å². The molecule has 0 unspecified atom stereocenters. The fourth-order valence-corrected chi connectivity index (χ4v) is 5.12. The van der Waals surface area contributed by atoms with Gasteiger partial charge in [-0.2, -0.15) is 0 Å². The maximum atomic E-state index is 13.4. The van der Waals surface area contributed by atoms with Gasteiger partial charge in [-0.1, -0.05) is 47.5 Å². The molecule has 5 rings (SSSR count). The van der Waals surface area contributed by atoms with Gasteiger partial charge in [0, 0.05) is 16.8 Å². The van der Waals surface area contributed by atoms with Crippen LogP contribution in [-0.2, 0) is 9.59 Å². The summed E-state index contributed by atoms with van der Waals surface area (Å²) in [6.45, 7) is 0. The average molecular weight is 413 g/mol. The highest BCUT2D eigenvalue weighted by Crippen LogP contribution is 2.51. The maximum Gasteiger partial charge on any atom is 0.233 e. The number of hydrogen-bond acceptors (Lipinski definition) is 4. The predicted octanol–water partition coefficient (Wildman–Crippen LogP) is 3.47. The molecule has 0 bridgehead atoms. The zero-order valence-corrected chi connectivity index (χ0v) is 15.9. The molecule has 0 aliphatic carbocycles. The monoisotopic (exact) mass is 412 g/mol. The van der Waals surface area contributed by atoms with E-state index in [2.05, 4.69) is 5.32 Å². The first-order valence-electron chi connectivity index (χ1n) is 8.86. The van der Waals surface area contributed by atoms with Gasteiger partial charge in [-0.25, -0.2) is 0 Å². The van der Waals surface area contributed by atoms with E-state index in [-0.39, 0.29) is 28.3 Å². The minimum absolute atomic E-state index is 0.226. The number of carbonyl (C=O) groups excluding carboxylic acids is 3. The van der Waals surface area contributed by atoms with Crippen molar-refractivity contribution in [2.75, 3.05) is 0 Å². The van der Waals surface area contributed by atoms with E-state index in [0.29, 0.717) is 5.02 Å². The molecule has 3 heterocycles. The maximum absolute atomic E-state index is 13.4. The van der Waals surface area contributed by atoms with Crippen LogP contribution in [0.25, 0.3) is 6.08 Å². The molecule has 0 aromatic heterocycles. The van der Waals surface area contributed by atoms with E-state index in [1.807, 2.05) is 35.2 Å². The summed E-state index contributed by atoms with van der Waals surface area (Å²) in [6, 6.07) is 11.2. The van der Waals surface area contributed by atoms with Crippen LogP contribution < -0.4 is 5.32 Å². The van der Waals surface area contributed by atoms with E-state index in [0.717, 1.165) is 11.1 Å². The van der Waals surface area contributed by atoms with Gasteiger partial charge in [-0.3, -0.25) is 19.7 Å². The zero-order valence-electron chi connectivity index (χ0n) is 14.4. The highest BCUT2D eigenvalue weighted by molar-refractivity contribution is 6.37. The van der Waals surface area contributed by atoms with Gasteiger partial charge in [0.1, 0.15) is 6.04 Å². The Balaban J connectivity index is 1.65. The van der Waals surface area contributed by atoms with Crippen molar-refractivity contribution >= 4 is 46.9 Å². The molecule has 2 aromatic carbocycles. The van der Waals surface area contributed by atoms with Crippen LogP contribution in [0.3, 0.4) is 0 Å². The van der Waals surface area contributed by atoms with Gasteiger partial charge in [0.05, 0.1) is 22.9 Å². The van der Waals surface area contributed by atoms with Gasteiger partial charge >= 0.3 is 0 Å². The summed E-state index contributed by atoms with van der Waals surface area (Å²) in [5.74, 6) is -2.45. The Morgan fingerprint density at radius 2 is 1.75 bits per heavy atom. The van der Waals surface area contributed by atoms with Crippen molar-refractivity contribution in [1.82, 2.24) is 10.2 Å². The molecule has 0 saturated carbocycles. The van der Waals surface area contributed by atoms with Gasteiger partial charge in [-0.15, -0.1) is 0 Å². The number of Topliss-reactive ketones (excluding diaryl/α,β-unsaturated/α-hetero) is 1. The molecule has 5 nitrogen and oxygen atoms in total. The largest absolute Gasteiger partial charge is 0.358 e. The third-order valence-corrected chi connectivity index (χ3v) is 6.32. The Hall–Kier alpha value is -2.63. The lowest BCUT2D eigenvalue weighted by Crippen LogP contribution is -2.43. The number of imide groups is 1. The molecule has 2 fully saturated rings. The van der Waals surface area contributed by atoms with Gasteiger partial charge < -0.3 is 4.90 Å². The number of benzene rings is 2. The number of halogens is 2. The molecule has 4 atom stereocenters. The van der Waals surface area contributed by atoms with Crippen molar-refractivity contribution in [1.29, 1.82) is 0 Å². The molecule has 2 amide bonds. The molecule has 2 saturated heterocycles. The van der Waals surface area contributed by atoms with E-state index in [9.17, 15) is 14.4 Å². The first kappa shape index (κ1) is 17.5. The number of rotatable bonds is 2. The van der Waals surface area contributed by atoms with Crippen LogP contribution in [0.1, 0.15) is 27.5 Å². The third kappa shape index (κ3) is 2.36. The van der Waals surface area contributed by atoms with Gasteiger partial charge in [0.25, 0.3) is 0 Å². The van der Waals surface area contributed by atoms with Crippen LogP contribution in [0.2, 0.25) is 10.0 Å². The van der Waals surface area contributed by atoms with Crippen molar-refractivity contribution in [2.45, 2.75) is 12.1 Å². The fraction of sp³-hybridized carbons (Fsp3) is 0.190. The topological polar surface area (TPSA) is 66.5 Å². The summed E-state index contributed by atoms with van der Waals surface area (Å²) in [5, 5.41) is 3.05. The number of nitrogens with zero attached hydrogens (tertiary/aromatic N) is 1. The standard InChI is InChI=1S/C21H14Cl2N2O3/c22-11-5-6-13(14(23)9-11)19(26)18-16-15(20(27)24-21(16)28)17-12-4-2-1-3-10(12)7-8-25(17)18/h1-9,15-18H,(H,24,27,28)/t15-,16-,17-,18-/m1/s1. The smallest absolute Gasteiger partial charge is 0.233 e. The summed E-state index contributed by atoms with van der Waals surface area (Å²) < 4.78 is 0. The van der Waals surface area contributed by atoms with Crippen LogP contribution in [0.4, 0.5) is 0 Å². The number of fused-ring (bicyclic) bond motifs is 5. The van der Waals surface area contributed by atoms with E-state index in [1.54, 1.807) is 18.3 Å². The molecule has 3 aliphatic rings. The Morgan fingerprint density at radius 3 is 2.54 bits per heavy atom. The van der Waals surface area contributed by atoms with Gasteiger partial charge in [0.2, 0.25) is 11.8 Å². The average Bonchev–Trinajstić information content (AvgIpc) is 3.16. The predicted molar refractivity (Wildman–Crippen MR) is 105 cm³/mol. The van der Waals surface area contributed by atoms with E-state index in [1.165, 1.54) is 6.07 Å². The second-order valence-corrected chi connectivity index (χ2v) is 8.02. The lowest BCUT2D eigenvalue weighted by molar-refractivity contribution is -0.127. The first-order chi connectivity index (χ1) is 13.5. The molecular weight excluding hydrogens is 399 g/mol. The van der Waals surface area contributed by atoms with Gasteiger partial charge in [-0.05, 0) is 35.4 Å². The molecule has 1 N–H and O–H groups in total. The number of amides is 2. The van der Waals surface area contributed by atoms with Crippen molar-refractivity contribution in [3.8, 4) is 0 Å². The molecule has 0 radical (unpaired) electrons. The normalized spacial score (nSPS) is 27.3. The minimum Gasteiger partial charge on any atom is -0.358 e. The Kier molecular flexibility index (Phi) is 3.86. The van der Waals surface area contributed by atoms with Crippen molar-refractivity contribution < 1.29 is 14.4 Å². The first-order valence-corrected chi connectivity index (χ1v) is 9.61. The number of carbonyl (C=O) groups is 3. The Morgan fingerprint density at radius 1 is 1.00 bits per heavy atom. The molecule has 140 valence electrons. The highest BCUT2D eigenvalue weighted by Gasteiger charge is 2.61. The second kappa shape index (κ2) is 6.19. The molecule has 2 aromatic rings. The van der Waals surface area contributed by atoms with Crippen LogP contribution in [-0.4, -0.2) is 28.5 Å². The lowest BCUT2D eigenvalue weighted by Gasteiger charge is -2.34. The summed E-state index contributed by atoms with van der Waals surface area (Å²) in [6.07, 6.45) is 3.71. The van der Waals surface area contributed by atoms with E-state index in [4.69, 9.17) is 23.2 Å². The SMILES string of the molecule is O=C1NC(=O)[C@@H]2[C@@H]1[C@H]1c3ccccc3C=CN1[C@H]2C(=O)c1ccc(Cl)cc1Cl. The van der Waals surface area contributed by atoms with Crippen molar-refractivity contribution in [3.63, 3.8) is 0 Å². The van der Waals surface area contributed by atoms with Crippen LogP contribution in [0.15, 0.2) is 48.7 Å². The minimum atomic E-state index is -0.815. The summed E-state index contributed by atoms with van der Waals surface area (Å²) in [4.78, 5) is 40.5.